The molecule has 8 heteroatoms. The van der Waals surface area contributed by atoms with Gasteiger partial charge in [-0.05, 0) is 56.1 Å². The molecule has 2 aliphatic heterocycles. The molecule has 1 N–H and O–H groups in total. The molecule has 5 rings (SSSR count). The summed E-state index contributed by atoms with van der Waals surface area (Å²) in [7, 11) is 0. The Kier molecular flexibility index (Phi) is 6.80. The SMILES string of the molecule is CSc1ccc(CCNC(=O)[C@H]2CCCN(c3ncnc4c3nc3n4CCCCC3)C2)cc1. The van der Waals surface area contributed by atoms with Gasteiger partial charge in [0.25, 0.3) is 0 Å². The first kappa shape index (κ1) is 22.2. The van der Waals surface area contributed by atoms with Crippen molar-refractivity contribution < 1.29 is 4.79 Å². The molecule has 1 aromatic carbocycles. The minimum absolute atomic E-state index is 0.0249. The van der Waals surface area contributed by atoms with Crippen LogP contribution in [-0.2, 0) is 24.2 Å². The van der Waals surface area contributed by atoms with Gasteiger partial charge in [-0.2, -0.15) is 0 Å². The number of hydrogen-bond donors (Lipinski definition) is 1. The van der Waals surface area contributed by atoms with E-state index < -0.39 is 0 Å². The standard InChI is InChI=1S/C25H32N6OS/c1-33-20-10-8-18(9-11-20)12-13-26-25(32)19-6-5-14-30(16-19)23-22-24(28-17-27-23)31-15-4-2-3-7-21(31)29-22/h8-11,17,19H,2-7,12-16H2,1H3,(H,26,32)/t19-/m0/s1. The molecular weight excluding hydrogens is 432 g/mol. The summed E-state index contributed by atoms with van der Waals surface area (Å²) in [5, 5.41) is 3.16. The molecule has 174 valence electrons. The molecule has 1 fully saturated rings. The van der Waals surface area contributed by atoms with E-state index in [1.54, 1.807) is 18.1 Å². The maximum atomic E-state index is 12.9. The van der Waals surface area contributed by atoms with Gasteiger partial charge >= 0.3 is 0 Å². The summed E-state index contributed by atoms with van der Waals surface area (Å²) in [4.78, 5) is 30.6. The number of benzene rings is 1. The van der Waals surface area contributed by atoms with Crippen molar-refractivity contribution in [2.75, 3.05) is 30.8 Å². The van der Waals surface area contributed by atoms with E-state index in [9.17, 15) is 4.79 Å². The molecule has 1 atom stereocenters. The Balaban J connectivity index is 1.24. The number of anilines is 1. The molecule has 0 aliphatic carbocycles. The Bertz CT molecular complexity index is 1110. The number of fused-ring (bicyclic) bond motifs is 3. The van der Waals surface area contributed by atoms with Gasteiger partial charge in [-0.25, -0.2) is 15.0 Å². The first-order valence-corrected chi connectivity index (χ1v) is 13.3. The average molecular weight is 465 g/mol. The van der Waals surface area contributed by atoms with Crippen LogP contribution in [0.5, 0.6) is 0 Å². The van der Waals surface area contributed by atoms with E-state index >= 15 is 0 Å². The maximum absolute atomic E-state index is 12.9. The number of amides is 1. The number of carbonyl (C=O) groups excluding carboxylic acids is 1. The van der Waals surface area contributed by atoms with Crippen molar-refractivity contribution in [2.24, 2.45) is 5.92 Å². The van der Waals surface area contributed by atoms with E-state index in [2.05, 4.69) is 55.3 Å². The van der Waals surface area contributed by atoms with Crippen LogP contribution in [0.4, 0.5) is 5.82 Å². The summed E-state index contributed by atoms with van der Waals surface area (Å²) in [5.74, 6) is 2.13. The number of rotatable bonds is 6. The van der Waals surface area contributed by atoms with Gasteiger partial charge in [-0.15, -0.1) is 11.8 Å². The number of aryl methyl sites for hydroxylation is 2. The molecule has 0 unspecified atom stereocenters. The Morgan fingerprint density at radius 3 is 2.85 bits per heavy atom. The average Bonchev–Trinajstić information content (AvgIpc) is 3.05. The van der Waals surface area contributed by atoms with Gasteiger partial charge < -0.3 is 14.8 Å². The smallest absolute Gasteiger partial charge is 0.224 e. The van der Waals surface area contributed by atoms with E-state index in [-0.39, 0.29) is 11.8 Å². The molecule has 2 aliphatic rings. The van der Waals surface area contributed by atoms with Gasteiger partial charge in [-0.3, -0.25) is 4.79 Å². The lowest BCUT2D eigenvalue weighted by atomic mass is 9.97. The predicted octanol–water partition coefficient (Wildman–Crippen LogP) is 3.85. The zero-order valence-electron chi connectivity index (χ0n) is 19.3. The van der Waals surface area contributed by atoms with Crippen molar-refractivity contribution >= 4 is 34.7 Å². The van der Waals surface area contributed by atoms with Crippen molar-refractivity contribution in [3.63, 3.8) is 0 Å². The molecule has 1 amide bonds. The minimum atomic E-state index is -0.0249. The van der Waals surface area contributed by atoms with E-state index in [1.165, 1.54) is 29.7 Å². The van der Waals surface area contributed by atoms with Crippen molar-refractivity contribution in [1.29, 1.82) is 0 Å². The molecule has 0 spiro atoms. The molecular formula is C25H32N6OS. The summed E-state index contributed by atoms with van der Waals surface area (Å²) >= 11 is 1.74. The number of piperidine rings is 1. The van der Waals surface area contributed by atoms with Crippen LogP contribution >= 0.6 is 11.8 Å². The first-order valence-electron chi connectivity index (χ1n) is 12.1. The third-order valence-corrected chi connectivity index (χ3v) is 7.58. The third kappa shape index (κ3) is 4.86. The Labute approximate surface area is 199 Å². The highest BCUT2D eigenvalue weighted by atomic mass is 32.2. The van der Waals surface area contributed by atoms with Gasteiger partial charge in [0, 0.05) is 37.5 Å². The lowest BCUT2D eigenvalue weighted by Crippen LogP contribution is -2.44. The van der Waals surface area contributed by atoms with Crippen LogP contribution in [-0.4, -0.2) is 51.3 Å². The van der Waals surface area contributed by atoms with Crippen LogP contribution < -0.4 is 10.2 Å². The topological polar surface area (TPSA) is 75.9 Å². The highest BCUT2D eigenvalue weighted by Gasteiger charge is 2.28. The molecule has 2 aromatic heterocycles. The summed E-state index contributed by atoms with van der Waals surface area (Å²) in [5.41, 5.74) is 3.08. The molecule has 3 aromatic rings. The zero-order valence-corrected chi connectivity index (χ0v) is 20.1. The van der Waals surface area contributed by atoms with Crippen LogP contribution in [0, 0.1) is 5.92 Å². The molecule has 0 radical (unpaired) electrons. The molecule has 4 heterocycles. The maximum Gasteiger partial charge on any atom is 0.224 e. The molecule has 1 saturated heterocycles. The van der Waals surface area contributed by atoms with Crippen LogP contribution in [0.25, 0.3) is 11.2 Å². The highest BCUT2D eigenvalue weighted by Crippen LogP contribution is 2.29. The van der Waals surface area contributed by atoms with E-state index in [1.807, 2.05) is 0 Å². The van der Waals surface area contributed by atoms with Crippen molar-refractivity contribution in [3.05, 3.63) is 42.0 Å². The number of nitrogens with one attached hydrogen (secondary N) is 1. The number of carbonyl (C=O) groups is 1. The fraction of sp³-hybridized carbons (Fsp3) is 0.520. The summed E-state index contributed by atoms with van der Waals surface area (Å²) in [6.07, 6.45) is 11.1. The third-order valence-electron chi connectivity index (χ3n) is 6.84. The van der Waals surface area contributed by atoms with Gasteiger partial charge in [0.15, 0.2) is 17.0 Å². The Morgan fingerprint density at radius 1 is 1.12 bits per heavy atom. The van der Waals surface area contributed by atoms with Crippen LogP contribution in [0.1, 0.15) is 43.5 Å². The number of hydrogen-bond acceptors (Lipinski definition) is 6. The molecule has 7 nitrogen and oxygen atoms in total. The Hall–Kier alpha value is -2.61. The minimum Gasteiger partial charge on any atom is -0.355 e. The second-order valence-corrected chi connectivity index (χ2v) is 9.91. The second-order valence-electron chi connectivity index (χ2n) is 9.03. The van der Waals surface area contributed by atoms with Crippen LogP contribution in [0.2, 0.25) is 0 Å². The number of imidazole rings is 1. The quantitative estimate of drug-likeness (QED) is 0.559. The van der Waals surface area contributed by atoms with Crippen LogP contribution in [0.3, 0.4) is 0 Å². The van der Waals surface area contributed by atoms with Crippen molar-refractivity contribution in [2.45, 2.75) is 56.4 Å². The van der Waals surface area contributed by atoms with Gasteiger partial charge in [0.05, 0.1) is 5.92 Å². The van der Waals surface area contributed by atoms with Crippen molar-refractivity contribution in [3.8, 4) is 0 Å². The lowest BCUT2D eigenvalue weighted by Gasteiger charge is -2.32. The van der Waals surface area contributed by atoms with Crippen molar-refractivity contribution in [1.82, 2.24) is 24.8 Å². The predicted molar refractivity (Wildman–Crippen MR) is 133 cm³/mol. The first-order chi connectivity index (χ1) is 16.2. The number of thioether (sulfide) groups is 1. The normalized spacial score (nSPS) is 18.7. The van der Waals surface area contributed by atoms with Gasteiger partial charge in [0.1, 0.15) is 12.2 Å². The largest absolute Gasteiger partial charge is 0.355 e. The van der Waals surface area contributed by atoms with E-state index in [0.717, 1.165) is 61.6 Å². The number of aromatic nitrogens is 4. The second kappa shape index (κ2) is 10.1. The Morgan fingerprint density at radius 2 is 2.00 bits per heavy atom. The number of nitrogens with zero attached hydrogens (tertiary/aromatic N) is 5. The van der Waals surface area contributed by atoms with Crippen LogP contribution in [0.15, 0.2) is 35.5 Å². The fourth-order valence-electron chi connectivity index (χ4n) is 5.01. The summed E-state index contributed by atoms with van der Waals surface area (Å²) < 4.78 is 2.27. The fourth-order valence-corrected chi connectivity index (χ4v) is 5.42. The summed E-state index contributed by atoms with van der Waals surface area (Å²) in [6, 6.07) is 8.57. The monoisotopic (exact) mass is 464 g/mol. The van der Waals surface area contributed by atoms with E-state index in [0.29, 0.717) is 13.1 Å². The van der Waals surface area contributed by atoms with Gasteiger partial charge in [0.2, 0.25) is 5.91 Å². The molecule has 0 saturated carbocycles. The lowest BCUT2D eigenvalue weighted by molar-refractivity contribution is -0.125. The van der Waals surface area contributed by atoms with Gasteiger partial charge in [-0.1, -0.05) is 18.6 Å². The highest BCUT2D eigenvalue weighted by molar-refractivity contribution is 7.98. The zero-order chi connectivity index (χ0) is 22.6. The molecule has 0 bridgehead atoms. The summed E-state index contributed by atoms with van der Waals surface area (Å²) in [6.45, 7) is 3.23. The molecule has 33 heavy (non-hydrogen) atoms. The van der Waals surface area contributed by atoms with E-state index in [4.69, 9.17) is 4.98 Å².